The number of pyridine rings is 2. The van der Waals surface area contributed by atoms with Crippen LogP contribution in [0.1, 0.15) is 17.8 Å². The van der Waals surface area contributed by atoms with E-state index in [4.69, 9.17) is 0 Å². The van der Waals surface area contributed by atoms with Gasteiger partial charge in [0.25, 0.3) is 0 Å². The molecule has 0 saturated carbocycles. The van der Waals surface area contributed by atoms with E-state index in [1.165, 1.54) is 0 Å². The first kappa shape index (κ1) is 16.5. The summed E-state index contributed by atoms with van der Waals surface area (Å²) in [5.74, 6) is 0.915. The summed E-state index contributed by atoms with van der Waals surface area (Å²) in [5.41, 5.74) is 1.85. The first-order chi connectivity index (χ1) is 13.7. The van der Waals surface area contributed by atoms with E-state index in [1.54, 1.807) is 18.5 Å². The van der Waals surface area contributed by atoms with E-state index in [9.17, 15) is 5.11 Å². The molecule has 0 aliphatic carbocycles. The molecule has 4 heterocycles. The molecule has 1 unspecified atom stereocenters. The average molecular weight is 368 g/mol. The summed E-state index contributed by atoms with van der Waals surface area (Å²) in [5, 5.41) is 11.5. The molecule has 3 aromatic heterocycles. The lowest BCUT2D eigenvalue weighted by Gasteiger charge is -2.23. The molecule has 28 heavy (non-hydrogen) atoms. The fourth-order valence-corrected chi connectivity index (χ4v) is 3.34. The first-order valence-corrected chi connectivity index (χ1v) is 8.89. The zero-order valence-corrected chi connectivity index (χ0v) is 14.8. The predicted octanol–water partition coefficient (Wildman–Crippen LogP) is 3.16. The molecule has 0 saturated heterocycles. The predicted molar refractivity (Wildman–Crippen MR) is 107 cm³/mol. The Labute approximate surface area is 160 Å². The van der Waals surface area contributed by atoms with Gasteiger partial charge in [0.05, 0.1) is 22.4 Å². The number of aromatic amines is 1. The summed E-state index contributed by atoms with van der Waals surface area (Å²) in [6.45, 7) is 0. The Bertz CT molecular complexity index is 1170. The molecule has 0 fully saturated rings. The van der Waals surface area contributed by atoms with Crippen LogP contribution in [0.25, 0.3) is 11.0 Å². The number of hydrogen-bond acceptors (Lipinski definition) is 5. The number of rotatable bonds is 3. The third-order valence-electron chi connectivity index (χ3n) is 4.65. The number of aromatic nitrogens is 4. The molecule has 0 spiro atoms. The van der Waals surface area contributed by atoms with Crippen LogP contribution in [-0.2, 0) is 5.60 Å². The number of H-pyrrole nitrogens is 1. The Morgan fingerprint density at radius 3 is 2.46 bits per heavy atom. The van der Waals surface area contributed by atoms with Gasteiger partial charge in [-0.25, -0.2) is 9.98 Å². The third kappa shape index (κ3) is 2.78. The summed E-state index contributed by atoms with van der Waals surface area (Å²) in [6.07, 6.45) is 3.51. The van der Waals surface area contributed by atoms with Crippen molar-refractivity contribution in [3.8, 4) is 0 Å². The fourth-order valence-electron chi connectivity index (χ4n) is 3.34. The molecular formula is C21H16N6O. The number of aliphatic hydroxyl groups is 1. The smallest absolute Gasteiger partial charge is 0.229 e. The van der Waals surface area contributed by atoms with Gasteiger partial charge in [-0.2, -0.15) is 4.99 Å². The standard InChI is InChI=1S/C21H16N6O/c28-21(17-10-4-6-12-23-17)13-18(26-19(21)16-9-3-5-11-22-16)27-20-24-14-7-1-2-8-15(14)25-20/h1-12,28H,13H2,(H,24,25). The van der Waals surface area contributed by atoms with Crippen LogP contribution in [0.2, 0.25) is 0 Å². The molecule has 5 rings (SSSR count). The largest absolute Gasteiger partial charge is 0.377 e. The van der Waals surface area contributed by atoms with Gasteiger partial charge in [-0.1, -0.05) is 24.3 Å². The van der Waals surface area contributed by atoms with Crippen LogP contribution in [-0.4, -0.2) is 36.6 Å². The monoisotopic (exact) mass is 368 g/mol. The van der Waals surface area contributed by atoms with E-state index in [0.29, 0.717) is 28.9 Å². The lowest BCUT2D eigenvalue weighted by atomic mass is 9.89. The minimum atomic E-state index is -1.40. The molecule has 136 valence electrons. The van der Waals surface area contributed by atoms with E-state index in [-0.39, 0.29) is 6.42 Å². The van der Waals surface area contributed by atoms with Crippen LogP contribution in [0, 0.1) is 0 Å². The molecule has 7 heteroatoms. The average Bonchev–Trinajstić information content (AvgIpc) is 3.30. The highest BCUT2D eigenvalue weighted by Crippen LogP contribution is 2.34. The van der Waals surface area contributed by atoms with E-state index >= 15 is 0 Å². The molecule has 7 nitrogen and oxygen atoms in total. The third-order valence-corrected chi connectivity index (χ3v) is 4.65. The van der Waals surface area contributed by atoms with Crippen molar-refractivity contribution in [1.29, 1.82) is 0 Å². The number of fused-ring (bicyclic) bond motifs is 1. The van der Waals surface area contributed by atoms with Crippen LogP contribution >= 0.6 is 0 Å². The van der Waals surface area contributed by atoms with Gasteiger partial charge in [0.15, 0.2) is 5.60 Å². The van der Waals surface area contributed by atoms with Crippen molar-refractivity contribution in [2.75, 3.05) is 0 Å². The zero-order chi connectivity index (χ0) is 19.0. The molecule has 1 atom stereocenters. The highest BCUT2D eigenvalue weighted by Gasteiger charge is 2.44. The highest BCUT2D eigenvalue weighted by molar-refractivity contribution is 6.17. The second-order valence-electron chi connectivity index (χ2n) is 6.53. The number of amidine groups is 1. The van der Waals surface area contributed by atoms with Gasteiger partial charge >= 0.3 is 0 Å². The summed E-state index contributed by atoms with van der Waals surface area (Å²) in [7, 11) is 0. The molecule has 0 bridgehead atoms. The highest BCUT2D eigenvalue weighted by atomic mass is 16.3. The maximum atomic E-state index is 11.5. The van der Waals surface area contributed by atoms with Gasteiger partial charge in [-0.15, -0.1) is 0 Å². The lowest BCUT2D eigenvalue weighted by Crippen LogP contribution is -2.35. The van der Waals surface area contributed by atoms with Gasteiger partial charge in [-0.3, -0.25) is 9.97 Å². The second kappa shape index (κ2) is 6.47. The number of hydrogen-bond donors (Lipinski definition) is 2. The quantitative estimate of drug-likeness (QED) is 0.580. The topological polar surface area (TPSA) is 99.4 Å². The van der Waals surface area contributed by atoms with Crippen molar-refractivity contribution < 1.29 is 5.11 Å². The normalized spacial score (nSPS) is 20.6. The molecule has 4 aromatic rings. The van der Waals surface area contributed by atoms with Crippen LogP contribution in [0.4, 0.5) is 5.95 Å². The number of benzene rings is 1. The molecule has 0 amide bonds. The van der Waals surface area contributed by atoms with Crippen molar-refractivity contribution in [2.24, 2.45) is 9.98 Å². The lowest BCUT2D eigenvalue weighted by molar-refractivity contribution is 0.119. The molecule has 1 aromatic carbocycles. The first-order valence-electron chi connectivity index (χ1n) is 8.89. The van der Waals surface area contributed by atoms with Gasteiger partial charge < -0.3 is 10.1 Å². The molecular weight excluding hydrogens is 352 g/mol. The van der Waals surface area contributed by atoms with Gasteiger partial charge in [0.2, 0.25) is 5.95 Å². The van der Waals surface area contributed by atoms with Crippen molar-refractivity contribution in [2.45, 2.75) is 12.0 Å². The minimum absolute atomic E-state index is 0.187. The second-order valence-corrected chi connectivity index (χ2v) is 6.53. The summed E-state index contributed by atoms with van der Waals surface area (Å²) in [6, 6.07) is 18.6. The van der Waals surface area contributed by atoms with Crippen molar-refractivity contribution >= 4 is 28.5 Å². The number of aliphatic imine (C=N–C) groups is 2. The van der Waals surface area contributed by atoms with E-state index in [0.717, 1.165) is 11.0 Å². The SMILES string of the molecule is OC1(c2ccccn2)CC(=Nc2nc3ccccc3[nH]2)N=C1c1ccccn1. The number of para-hydroxylation sites is 2. The summed E-state index contributed by atoms with van der Waals surface area (Å²) < 4.78 is 0. The number of nitrogens with one attached hydrogen (secondary N) is 1. The minimum Gasteiger partial charge on any atom is -0.377 e. The molecule has 0 radical (unpaired) electrons. The van der Waals surface area contributed by atoms with Crippen LogP contribution in [0.3, 0.4) is 0 Å². The van der Waals surface area contributed by atoms with E-state index in [2.05, 4.69) is 29.9 Å². The summed E-state index contributed by atoms with van der Waals surface area (Å²) in [4.78, 5) is 25.5. The fraction of sp³-hybridized carbons (Fsp3) is 0.0952. The van der Waals surface area contributed by atoms with Crippen molar-refractivity contribution in [3.05, 3.63) is 84.4 Å². The van der Waals surface area contributed by atoms with Gasteiger partial charge in [0, 0.05) is 18.8 Å². The maximum Gasteiger partial charge on any atom is 0.229 e. The summed E-state index contributed by atoms with van der Waals surface area (Å²) >= 11 is 0. The van der Waals surface area contributed by atoms with Crippen LogP contribution in [0.15, 0.2) is 83.0 Å². The van der Waals surface area contributed by atoms with Crippen LogP contribution < -0.4 is 0 Å². The Morgan fingerprint density at radius 2 is 1.71 bits per heavy atom. The zero-order valence-electron chi connectivity index (χ0n) is 14.8. The molecule has 1 aliphatic rings. The van der Waals surface area contributed by atoms with Crippen LogP contribution in [0.5, 0.6) is 0 Å². The number of nitrogens with zero attached hydrogens (tertiary/aromatic N) is 5. The van der Waals surface area contributed by atoms with Gasteiger partial charge in [0.1, 0.15) is 11.5 Å². The Hall–Kier alpha value is -3.71. The van der Waals surface area contributed by atoms with Crippen molar-refractivity contribution in [1.82, 2.24) is 19.9 Å². The van der Waals surface area contributed by atoms with E-state index in [1.807, 2.05) is 54.6 Å². The van der Waals surface area contributed by atoms with E-state index < -0.39 is 5.60 Å². The Kier molecular flexibility index (Phi) is 3.80. The molecule has 1 aliphatic heterocycles. The Morgan fingerprint density at radius 1 is 0.929 bits per heavy atom. The Balaban J connectivity index is 1.61. The number of imidazole rings is 1. The van der Waals surface area contributed by atoms with Crippen molar-refractivity contribution in [3.63, 3.8) is 0 Å². The van der Waals surface area contributed by atoms with Gasteiger partial charge in [-0.05, 0) is 36.4 Å². The maximum absolute atomic E-state index is 11.5. The molecule has 2 N–H and O–H groups in total.